The highest BCUT2D eigenvalue weighted by Crippen LogP contribution is 2.23. The monoisotopic (exact) mass is 371 g/mol. The lowest BCUT2D eigenvalue weighted by Gasteiger charge is -2.31. The van der Waals surface area contributed by atoms with E-state index in [9.17, 15) is 9.59 Å². The Hall–Kier alpha value is -2.71. The fraction of sp³-hybridized carbons (Fsp3) is 0.611. The zero-order valence-electron chi connectivity index (χ0n) is 15.5. The summed E-state index contributed by atoms with van der Waals surface area (Å²) in [6.07, 6.45) is 9.26. The maximum atomic E-state index is 12.5. The maximum Gasteiger partial charge on any atom is 0.274 e. The van der Waals surface area contributed by atoms with Crippen LogP contribution in [0.25, 0.3) is 0 Å². The first-order valence-corrected chi connectivity index (χ1v) is 9.64. The van der Waals surface area contributed by atoms with E-state index in [2.05, 4.69) is 25.6 Å². The second-order valence-electron chi connectivity index (χ2n) is 7.44. The minimum Gasteiger partial charge on any atom is -0.348 e. The minimum atomic E-state index is -0.144. The van der Waals surface area contributed by atoms with Crippen molar-refractivity contribution < 1.29 is 9.59 Å². The van der Waals surface area contributed by atoms with Gasteiger partial charge in [0, 0.05) is 24.8 Å². The van der Waals surface area contributed by atoms with Gasteiger partial charge in [0.1, 0.15) is 5.69 Å². The van der Waals surface area contributed by atoms with Crippen molar-refractivity contribution in [2.24, 2.45) is 0 Å². The summed E-state index contributed by atoms with van der Waals surface area (Å²) in [6.45, 7) is 3.12. The molecular weight excluding hydrogens is 346 g/mol. The number of aromatic amines is 1. The van der Waals surface area contributed by atoms with E-state index in [-0.39, 0.29) is 23.9 Å². The third kappa shape index (κ3) is 3.72. The Bertz CT molecular complexity index is 813. The average molecular weight is 371 g/mol. The number of rotatable bonds is 4. The van der Waals surface area contributed by atoms with Gasteiger partial charge in [0.15, 0.2) is 5.69 Å². The number of aromatic nitrogens is 5. The van der Waals surface area contributed by atoms with Crippen LogP contribution in [0.5, 0.6) is 0 Å². The fourth-order valence-electron chi connectivity index (χ4n) is 3.95. The number of H-pyrrole nitrogens is 1. The third-order valence-corrected chi connectivity index (χ3v) is 5.59. The summed E-state index contributed by atoms with van der Waals surface area (Å²) in [5.41, 5.74) is 1.64. The molecule has 0 bridgehead atoms. The van der Waals surface area contributed by atoms with E-state index < -0.39 is 0 Å². The Morgan fingerprint density at radius 1 is 1.19 bits per heavy atom. The second-order valence-corrected chi connectivity index (χ2v) is 7.44. The first kappa shape index (κ1) is 17.7. The molecule has 0 radical (unpaired) electrons. The van der Waals surface area contributed by atoms with E-state index in [1.165, 1.54) is 12.8 Å². The number of likely N-dealkylation sites (tertiary alicyclic amines) is 1. The van der Waals surface area contributed by atoms with Crippen molar-refractivity contribution in [1.29, 1.82) is 0 Å². The number of aryl methyl sites for hydroxylation is 1. The van der Waals surface area contributed by atoms with Crippen LogP contribution in [0.15, 0.2) is 12.5 Å². The largest absolute Gasteiger partial charge is 0.348 e. The smallest absolute Gasteiger partial charge is 0.274 e. The second kappa shape index (κ2) is 7.50. The molecule has 2 amide bonds. The number of imidazole rings is 1. The van der Waals surface area contributed by atoms with Crippen LogP contribution in [0, 0.1) is 6.92 Å². The van der Waals surface area contributed by atoms with Crippen molar-refractivity contribution in [2.75, 3.05) is 13.1 Å². The van der Waals surface area contributed by atoms with Gasteiger partial charge in [-0.2, -0.15) is 0 Å². The topological polar surface area (TPSA) is 109 Å². The normalized spacial score (nSPS) is 18.8. The van der Waals surface area contributed by atoms with Crippen molar-refractivity contribution in [1.82, 2.24) is 35.2 Å². The lowest BCUT2D eigenvalue weighted by Crippen LogP contribution is -2.39. The molecular formula is C18H25N7O2. The van der Waals surface area contributed by atoms with Crippen LogP contribution < -0.4 is 5.32 Å². The van der Waals surface area contributed by atoms with Gasteiger partial charge in [-0.05, 0) is 32.6 Å². The van der Waals surface area contributed by atoms with Crippen molar-refractivity contribution in [3.05, 3.63) is 29.6 Å². The van der Waals surface area contributed by atoms with Crippen LogP contribution in [-0.2, 0) is 0 Å². The number of carbonyl (C=O) groups is 2. The number of amides is 2. The molecule has 144 valence electrons. The molecule has 9 heteroatoms. The summed E-state index contributed by atoms with van der Waals surface area (Å²) >= 11 is 0. The van der Waals surface area contributed by atoms with Gasteiger partial charge < -0.3 is 15.2 Å². The summed E-state index contributed by atoms with van der Waals surface area (Å²) < 4.78 is 1.77. The van der Waals surface area contributed by atoms with E-state index in [1.807, 2.05) is 11.8 Å². The van der Waals surface area contributed by atoms with Gasteiger partial charge in [0.2, 0.25) is 0 Å². The van der Waals surface area contributed by atoms with Gasteiger partial charge in [-0.3, -0.25) is 9.59 Å². The molecule has 1 aliphatic heterocycles. The molecule has 0 unspecified atom stereocenters. The minimum absolute atomic E-state index is 0.0394. The molecule has 4 rings (SSSR count). The lowest BCUT2D eigenvalue weighted by atomic mass is 10.0. The first-order chi connectivity index (χ1) is 13.1. The average Bonchev–Trinajstić information content (AvgIpc) is 3.43. The number of hydrogen-bond donors (Lipinski definition) is 2. The Morgan fingerprint density at radius 3 is 2.59 bits per heavy atom. The lowest BCUT2D eigenvalue weighted by molar-refractivity contribution is 0.0683. The summed E-state index contributed by atoms with van der Waals surface area (Å²) in [5, 5.41) is 11.2. The quantitative estimate of drug-likeness (QED) is 0.846. The molecule has 27 heavy (non-hydrogen) atoms. The molecule has 2 N–H and O–H groups in total. The van der Waals surface area contributed by atoms with E-state index in [0.717, 1.165) is 31.4 Å². The molecule has 2 fully saturated rings. The molecule has 2 aliphatic rings. The van der Waals surface area contributed by atoms with Gasteiger partial charge in [0.05, 0.1) is 18.6 Å². The fourth-order valence-corrected chi connectivity index (χ4v) is 3.95. The van der Waals surface area contributed by atoms with Crippen molar-refractivity contribution in [2.45, 2.75) is 57.5 Å². The van der Waals surface area contributed by atoms with Crippen molar-refractivity contribution >= 4 is 11.8 Å². The third-order valence-electron chi connectivity index (χ3n) is 5.59. The van der Waals surface area contributed by atoms with Gasteiger partial charge in [-0.25, -0.2) is 9.67 Å². The Balaban J connectivity index is 1.33. The van der Waals surface area contributed by atoms with Gasteiger partial charge in [-0.1, -0.05) is 18.1 Å². The Kier molecular flexibility index (Phi) is 4.91. The maximum absolute atomic E-state index is 12.5. The predicted molar refractivity (Wildman–Crippen MR) is 97.2 cm³/mol. The highest BCUT2D eigenvalue weighted by atomic mass is 16.2. The predicted octanol–water partition coefficient (Wildman–Crippen LogP) is 1.46. The van der Waals surface area contributed by atoms with Crippen LogP contribution in [-0.4, -0.2) is 60.8 Å². The molecule has 3 heterocycles. The molecule has 1 aliphatic carbocycles. The first-order valence-electron chi connectivity index (χ1n) is 9.64. The van der Waals surface area contributed by atoms with Crippen LogP contribution >= 0.6 is 0 Å². The molecule has 0 spiro atoms. The molecule has 9 nitrogen and oxygen atoms in total. The SMILES string of the molecule is Cc1[nH]cnc1C(=O)N1CCC(n2cc(C(=O)NC3CCCC3)nn2)CC1. The summed E-state index contributed by atoms with van der Waals surface area (Å²) in [7, 11) is 0. The molecule has 0 atom stereocenters. The van der Waals surface area contributed by atoms with E-state index in [4.69, 9.17) is 0 Å². The van der Waals surface area contributed by atoms with Gasteiger partial charge in [-0.15, -0.1) is 5.10 Å². The number of nitrogens with zero attached hydrogens (tertiary/aromatic N) is 5. The molecule has 2 aromatic rings. The van der Waals surface area contributed by atoms with Crippen LogP contribution in [0.4, 0.5) is 0 Å². The van der Waals surface area contributed by atoms with Gasteiger partial charge in [0.25, 0.3) is 11.8 Å². The Morgan fingerprint density at radius 2 is 1.93 bits per heavy atom. The van der Waals surface area contributed by atoms with Crippen LogP contribution in [0.2, 0.25) is 0 Å². The van der Waals surface area contributed by atoms with E-state index >= 15 is 0 Å². The Labute approximate surface area is 157 Å². The molecule has 0 aromatic carbocycles. The van der Waals surface area contributed by atoms with Crippen LogP contribution in [0.1, 0.15) is 71.2 Å². The van der Waals surface area contributed by atoms with Crippen LogP contribution in [0.3, 0.4) is 0 Å². The number of carbonyl (C=O) groups excluding carboxylic acids is 2. The van der Waals surface area contributed by atoms with E-state index in [1.54, 1.807) is 17.2 Å². The summed E-state index contributed by atoms with van der Waals surface area (Å²) in [5.74, 6) is -0.183. The van der Waals surface area contributed by atoms with Gasteiger partial charge >= 0.3 is 0 Å². The molecule has 1 saturated carbocycles. The van der Waals surface area contributed by atoms with Crippen molar-refractivity contribution in [3.63, 3.8) is 0 Å². The molecule has 1 saturated heterocycles. The van der Waals surface area contributed by atoms with Crippen molar-refractivity contribution in [3.8, 4) is 0 Å². The standard InChI is InChI=1S/C18H25N7O2/c1-12-16(20-11-19-12)18(27)24-8-6-14(7-9-24)25-10-15(22-23-25)17(26)21-13-4-2-3-5-13/h10-11,13-14H,2-9H2,1H3,(H,19,20)(H,21,26). The highest BCUT2D eigenvalue weighted by Gasteiger charge is 2.28. The number of nitrogens with one attached hydrogen (secondary N) is 2. The zero-order valence-corrected chi connectivity index (χ0v) is 15.5. The highest BCUT2D eigenvalue weighted by molar-refractivity contribution is 5.93. The summed E-state index contributed by atoms with van der Waals surface area (Å²) in [4.78, 5) is 33.7. The zero-order chi connectivity index (χ0) is 18.8. The van der Waals surface area contributed by atoms with E-state index in [0.29, 0.717) is 24.5 Å². The number of piperidine rings is 1. The number of hydrogen-bond acceptors (Lipinski definition) is 5. The summed E-state index contributed by atoms with van der Waals surface area (Å²) in [6, 6.07) is 0.414. The molecule has 2 aromatic heterocycles.